The van der Waals surface area contributed by atoms with Gasteiger partial charge in [0.15, 0.2) is 17.5 Å². The smallest absolute Gasteiger partial charge is 0.164 e. The topological polar surface area (TPSA) is 56.7 Å². The molecule has 1 atom stereocenters. The zero-order valence-electron chi connectivity index (χ0n) is 31.6. The van der Waals surface area contributed by atoms with Gasteiger partial charge in [-0.05, 0) is 71.5 Å². The van der Waals surface area contributed by atoms with Gasteiger partial charge in [-0.2, -0.15) is 0 Å². The van der Waals surface area contributed by atoms with Gasteiger partial charge in [0, 0.05) is 58.9 Å². The van der Waals surface area contributed by atoms with E-state index in [-0.39, 0.29) is 0 Å². The first-order valence-electron chi connectivity index (χ1n) is 19.8. The zero-order valence-corrected chi connectivity index (χ0v) is 32.4. The van der Waals surface area contributed by atoms with E-state index in [0.717, 1.165) is 50.7 Å². The number of rotatable bonds is 5. The molecule has 0 spiro atoms. The number of hydrogen-bond acceptors (Lipinski definition) is 5. The van der Waals surface area contributed by atoms with Gasteiger partial charge in [-0.3, -0.25) is 0 Å². The first-order valence-corrected chi connectivity index (χ1v) is 20.6. The number of nitrogens with zero attached hydrogens (tertiary/aromatic N) is 4. The first kappa shape index (κ1) is 33.0. The van der Waals surface area contributed by atoms with Crippen molar-refractivity contribution in [3.05, 3.63) is 186 Å². The summed E-state index contributed by atoms with van der Waals surface area (Å²) in [4.78, 5) is 17.0. The van der Waals surface area contributed by atoms with E-state index in [1.165, 1.54) is 53.5 Å². The Bertz CT molecular complexity index is 3450. The number of fused-ring (bicyclic) bond motifs is 9. The van der Waals surface area contributed by atoms with Gasteiger partial charge < -0.3 is 8.98 Å². The van der Waals surface area contributed by atoms with Crippen LogP contribution in [0, 0.1) is 0 Å². The zero-order chi connectivity index (χ0) is 38.3. The Morgan fingerprint density at radius 2 is 1.21 bits per heavy atom. The van der Waals surface area contributed by atoms with Crippen LogP contribution >= 0.6 is 11.3 Å². The quantitative estimate of drug-likeness (QED) is 0.175. The van der Waals surface area contributed by atoms with Gasteiger partial charge in [-0.25, -0.2) is 15.0 Å². The van der Waals surface area contributed by atoms with E-state index in [1.807, 2.05) is 59.9 Å². The summed E-state index contributed by atoms with van der Waals surface area (Å²) in [6.07, 6.45) is 3.39. The second kappa shape index (κ2) is 12.9. The van der Waals surface area contributed by atoms with Crippen LogP contribution in [0.1, 0.15) is 35.3 Å². The summed E-state index contributed by atoms with van der Waals surface area (Å²) in [5.41, 5.74) is 12.0. The number of thiophene rings is 1. The Hall–Kier alpha value is -7.15. The molecule has 4 aromatic heterocycles. The third kappa shape index (κ3) is 5.05. The minimum Gasteiger partial charge on any atom is -0.456 e. The van der Waals surface area contributed by atoms with Crippen molar-refractivity contribution < 1.29 is 4.42 Å². The van der Waals surface area contributed by atoms with Crippen molar-refractivity contribution in [1.29, 1.82) is 0 Å². The van der Waals surface area contributed by atoms with Crippen molar-refractivity contribution in [2.45, 2.75) is 19.3 Å². The van der Waals surface area contributed by atoms with Crippen molar-refractivity contribution in [3.63, 3.8) is 0 Å². The summed E-state index contributed by atoms with van der Waals surface area (Å²) < 4.78 is 9.94. The lowest BCUT2D eigenvalue weighted by Crippen LogP contribution is -2.04. The van der Waals surface area contributed by atoms with Crippen molar-refractivity contribution >= 4 is 70.7 Å². The second-order valence-electron chi connectivity index (χ2n) is 15.1. The molecule has 5 nitrogen and oxygen atoms in total. The van der Waals surface area contributed by atoms with Crippen LogP contribution in [0.15, 0.2) is 174 Å². The maximum absolute atomic E-state index is 6.30. The molecular weight excluding hydrogens is 729 g/mol. The van der Waals surface area contributed by atoms with Crippen LogP contribution in [-0.4, -0.2) is 19.5 Å². The Morgan fingerprint density at radius 1 is 0.552 bits per heavy atom. The summed E-state index contributed by atoms with van der Waals surface area (Å²) in [5, 5.41) is 5.79. The summed E-state index contributed by atoms with van der Waals surface area (Å²) in [6.45, 7) is 2.35. The standard InChI is InChI=1S/C52H34N4OS/c1-31-26-28-35(33-27-29-37-36-18-8-10-22-41(36)56(42(37)30-33)34-16-6-3-7-17-34)49-46(31)48-40(21-13-25-45(48)58-49)52-54-50(32-14-4-2-5-15-32)53-51(55-52)39-20-12-24-44-47(39)38-19-9-11-23-43(38)57-44/h2-25,27-31H,26H2,1H3. The number of benzene rings is 7. The van der Waals surface area contributed by atoms with Crippen LogP contribution in [0.3, 0.4) is 0 Å². The number of aromatic nitrogens is 4. The number of furan rings is 1. The third-order valence-corrected chi connectivity index (χ3v) is 12.9. The highest BCUT2D eigenvalue weighted by molar-refractivity contribution is 7.20. The third-order valence-electron chi connectivity index (χ3n) is 11.7. The fraction of sp³-hybridized carbons (Fsp3) is 0.0577. The second-order valence-corrected chi connectivity index (χ2v) is 16.2. The van der Waals surface area contributed by atoms with Gasteiger partial charge in [0.2, 0.25) is 0 Å². The predicted octanol–water partition coefficient (Wildman–Crippen LogP) is 14.0. The molecule has 11 aromatic rings. The van der Waals surface area contributed by atoms with E-state index in [4.69, 9.17) is 19.4 Å². The lowest BCUT2D eigenvalue weighted by molar-refractivity contribution is 0.669. The minimum absolute atomic E-state index is 0.314. The first-order chi connectivity index (χ1) is 28.7. The summed E-state index contributed by atoms with van der Waals surface area (Å²) in [7, 11) is 0. The fourth-order valence-corrected chi connectivity index (χ4v) is 10.5. The number of para-hydroxylation sites is 3. The molecule has 7 aromatic carbocycles. The van der Waals surface area contributed by atoms with Gasteiger partial charge in [0.1, 0.15) is 11.2 Å². The highest BCUT2D eigenvalue weighted by atomic mass is 32.1. The van der Waals surface area contributed by atoms with E-state index >= 15 is 0 Å². The minimum atomic E-state index is 0.314. The van der Waals surface area contributed by atoms with Crippen LogP contribution in [0.25, 0.3) is 99.3 Å². The van der Waals surface area contributed by atoms with Gasteiger partial charge >= 0.3 is 0 Å². The molecule has 0 saturated heterocycles. The van der Waals surface area contributed by atoms with E-state index < -0.39 is 0 Å². The van der Waals surface area contributed by atoms with Gasteiger partial charge in [-0.1, -0.05) is 134 Å². The Balaban J connectivity index is 1.06. The Morgan fingerprint density at radius 3 is 2.03 bits per heavy atom. The SMILES string of the molecule is CC1CC=C(c2ccc3c4ccccc4n(-c4ccccc4)c3c2)c2sc3cccc(-c4nc(-c5ccccc5)nc(-c5cccc6oc7ccccc7c56)n4)c3c21. The van der Waals surface area contributed by atoms with E-state index in [2.05, 4.69) is 133 Å². The fourth-order valence-electron chi connectivity index (χ4n) is 9.07. The number of allylic oxidation sites excluding steroid dienone is 1. The van der Waals surface area contributed by atoms with E-state index in [1.54, 1.807) is 0 Å². The molecule has 0 aliphatic heterocycles. The van der Waals surface area contributed by atoms with Crippen LogP contribution in [0.5, 0.6) is 0 Å². The molecule has 0 amide bonds. The average Bonchev–Trinajstić information content (AvgIpc) is 3.97. The lowest BCUT2D eigenvalue weighted by Gasteiger charge is -2.21. The van der Waals surface area contributed by atoms with Crippen molar-refractivity contribution in [1.82, 2.24) is 19.5 Å². The molecule has 58 heavy (non-hydrogen) atoms. The normalized spacial score (nSPS) is 14.2. The van der Waals surface area contributed by atoms with Crippen molar-refractivity contribution in [2.75, 3.05) is 0 Å². The molecule has 1 unspecified atom stereocenters. The highest BCUT2D eigenvalue weighted by Gasteiger charge is 2.28. The largest absolute Gasteiger partial charge is 0.456 e. The summed E-state index contributed by atoms with van der Waals surface area (Å²) >= 11 is 1.87. The summed E-state index contributed by atoms with van der Waals surface area (Å²) in [5.74, 6) is 2.24. The van der Waals surface area contributed by atoms with Crippen LogP contribution in [-0.2, 0) is 0 Å². The molecule has 0 saturated carbocycles. The van der Waals surface area contributed by atoms with Gasteiger partial charge in [-0.15, -0.1) is 11.3 Å². The van der Waals surface area contributed by atoms with Crippen molar-refractivity contribution in [2.24, 2.45) is 0 Å². The highest BCUT2D eigenvalue weighted by Crippen LogP contribution is 2.50. The molecule has 4 heterocycles. The van der Waals surface area contributed by atoms with Gasteiger partial charge in [0.25, 0.3) is 0 Å². The molecule has 1 aliphatic rings. The monoisotopic (exact) mass is 762 g/mol. The van der Waals surface area contributed by atoms with E-state index in [9.17, 15) is 0 Å². The number of hydrogen-bond donors (Lipinski definition) is 0. The average molecular weight is 763 g/mol. The lowest BCUT2D eigenvalue weighted by atomic mass is 9.84. The van der Waals surface area contributed by atoms with Crippen LogP contribution < -0.4 is 0 Å². The molecule has 0 bridgehead atoms. The maximum Gasteiger partial charge on any atom is 0.164 e. The van der Waals surface area contributed by atoms with Crippen molar-refractivity contribution in [3.8, 4) is 39.9 Å². The summed E-state index contributed by atoms with van der Waals surface area (Å²) in [6, 6.07) is 57.5. The molecule has 274 valence electrons. The molecule has 1 aliphatic carbocycles. The van der Waals surface area contributed by atoms with Crippen LogP contribution in [0.4, 0.5) is 0 Å². The van der Waals surface area contributed by atoms with Crippen LogP contribution in [0.2, 0.25) is 0 Å². The molecule has 0 radical (unpaired) electrons. The molecular formula is C52H34N4OS. The Kier molecular flexibility index (Phi) is 7.37. The van der Waals surface area contributed by atoms with Gasteiger partial charge in [0.05, 0.1) is 11.0 Å². The Labute approximate surface area is 338 Å². The predicted molar refractivity (Wildman–Crippen MR) is 240 cm³/mol. The molecule has 0 fully saturated rings. The molecule has 6 heteroatoms. The molecule has 12 rings (SSSR count). The van der Waals surface area contributed by atoms with E-state index in [0.29, 0.717) is 23.4 Å². The molecule has 0 N–H and O–H groups in total. The maximum atomic E-state index is 6.30.